The molecule has 1 aliphatic rings. The van der Waals surface area contributed by atoms with Gasteiger partial charge >= 0.3 is 0 Å². The molecule has 2 aromatic heterocycles. The molecule has 2 aromatic rings. The molecule has 0 atom stereocenters. The lowest BCUT2D eigenvalue weighted by Crippen LogP contribution is -2.44. The number of rotatable bonds is 2. The van der Waals surface area contributed by atoms with Crippen LogP contribution >= 0.6 is 11.3 Å². The Bertz CT molecular complexity index is 570. The van der Waals surface area contributed by atoms with E-state index in [1.807, 2.05) is 17.5 Å². The van der Waals surface area contributed by atoms with Crippen LogP contribution in [0.25, 0.3) is 10.4 Å². The summed E-state index contributed by atoms with van der Waals surface area (Å²) in [5, 5.41) is 5.34. The van der Waals surface area contributed by atoms with Crippen LogP contribution in [-0.4, -0.2) is 31.2 Å². The normalized spacial score (nSPS) is 15.9. The minimum atomic E-state index is -0.0329. The number of aromatic amines is 1. The zero-order valence-corrected chi connectivity index (χ0v) is 10.8. The van der Waals surface area contributed by atoms with Gasteiger partial charge < -0.3 is 15.2 Å². The Balaban J connectivity index is 1.98. The van der Waals surface area contributed by atoms with Gasteiger partial charge in [-0.05, 0) is 17.5 Å². The van der Waals surface area contributed by atoms with E-state index in [0.29, 0.717) is 0 Å². The van der Waals surface area contributed by atoms with E-state index in [2.05, 4.69) is 21.3 Å². The average Bonchev–Trinajstić information content (AvgIpc) is 2.93. The quantitative estimate of drug-likeness (QED) is 0.861. The second-order valence-electron chi connectivity index (χ2n) is 4.33. The first-order valence-electron chi connectivity index (χ1n) is 6.07. The first kappa shape index (κ1) is 11.5. The van der Waals surface area contributed by atoms with Gasteiger partial charge in [-0.3, -0.25) is 4.79 Å². The number of hydrogen-bond donors (Lipinski definition) is 2. The Morgan fingerprint density at radius 3 is 2.78 bits per heavy atom. The highest BCUT2D eigenvalue weighted by molar-refractivity contribution is 7.13. The molecule has 0 spiro atoms. The van der Waals surface area contributed by atoms with Crippen molar-refractivity contribution in [2.75, 3.05) is 31.1 Å². The van der Waals surface area contributed by atoms with E-state index in [4.69, 9.17) is 0 Å². The number of pyridine rings is 1. The molecule has 5 heteroatoms. The summed E-state index contributed by atoms with van der Waals surface area (Å²) in [6, 6.07) is 7.78. The Kier molecular flexibility index (Phi) is 3.17. The summed E-state index contributed by atoms with van der Waals surface area (Å²) < 4.78 is 0. The van der Waals surface area contributed by atoms with E-state index in [1.54, 1.807) is 17.4 Å². The molecule has 0 aliphatic carbocycles. The molecule has 0 aromatic carbocycles. The highest BCUT2D eigenvalue weighted by Crippen LogP contribution is 2.25. The standard InChI is InChI=1S/C13H15N3OS/c17-13-9-10(11-2-1-7-18-11)8-12(15-13)16-5-3-14-4-6-16/h1-2,7-9,14H,3-6H2,(H,15,17). The number of nitrogens with zero attached hydrogens (tertiary/aromatic N) is 1. The minimum absolute atomic E-state index is 0.0329. The van der Waals surface area contributed by atoms with E-state index in [1.165, 1.54) is 0 Å². The van der Waals surface area contributed by atoms with Gasteiger partial charge in [0.1, 0.15) is 5.82 Å². The lowest BCUT2D eigenvalue weighted by atomic mass is 10.2. The van der Waals surface area contributed by atoms with Crippen LogP contribution in [0.2, 0.25) is 0 Å². The molecule has 18 heavy (non-hydrogen) atoms. The van der Waals surface area contributed by atoms with E-state index >= 15 is 0 Å². The number of nitrogens with one attached hydrogen (secondary N) is 2. The molecule has 0 radical (unpaired) electrons. The second-order valence-corrected chi connectivity index (χ2v) is 5.28. The molecule has 3 heterocycles. The van der Waals surface area contributed by atoms with Gasteiger partial charge in [0.25, 0.3) is 0 Å². The lowest BCUT2D eigenvalue weighted by molar-refractivity contribution is 0.584. The van der Waals surface area contributed by atoms with Crippen molar-refractivity contribution in [3.05, 3.63) is 40.0 Å². The highest BCUT2D eigenvalue weighted by atomic mass is 32.1. The zero-order chi connectivity index (χ0) is 12.4. The third kappa shape index (κ3) is 2.32. The molecule has 0 amide bonds. The van der Waals surface area contributed by atoms with Crippen molar-refractivity contribution in [2.45, 2.75) is 0 Å². The van der Waals surface area contributed by atoms with Gasteiger partial charge in [0.05, 0.1) is 0 Å². The number of H-pyrrole nitrogens is 1. The van der Waals surface area contributed by atoms with Crippen molar-refractivity contribution in [3.63, 3.8) is 0 Å². The van der Waals surface area contributed by atoms with Crippen molar-refractivity contribution in [3.8, 4) is 10.4 Å². The first-order valence-corrected chi connectivity index (χ1v) is 6.95. The average molecular weight is 261 g/mol. The monoisotopic (exact) mass is 261 g/mol. The molecule has 0 bridgehead atoms. The summed E-state index contributed by atoms with van der Waals surface area (Å²) in [6.45, 7) is 3.80. The molecular weight excluding hydrogens is 246 g/mol. The van der Waals surface area contributed by atoms with Crippen LogP contribution in [-0.2, 0) is 0 Å². The molecule has 2 N–H and O–H groups in total. The molecule has 1 aliphatic heterocycles. The van der Waals surface area contributed by atoms with Crippen molar-refractivity contribution >= 4 is 17.2 Å². The maximum atomic E-state index is 11.8. The fourth-order valence-electron chi connectivity index (χ4n) is 2.19. The van der Waals surface area contributed by atoms with Crippen molar-refractivity contribution in [2.24, 2.45) is 0 Å². The lowest BCUT2D eigenvalue weighted by Gasteiger charge is -2.29. The molecule has 1 fully saturated rings. The SMILES string of the molecule is O=c1cc(-c2cccs2)cc(N2CCNCC2)[nH]1. The minimum Gasteiger partial charge on any atom is -0.356 e. The van der Waals surface area contributed by atoms with Gasteiger partial charge in [-0.1, -0.05) is 6.07 Å². The van der Waals surface area contributed by atoms with E-state index in [9.17, 15) is 4.79 Å². The van der Waals surface area contributed by atoms with Crippen LogP contribution in [0.5, 0.6) is 0 Å². The Morgan fingerprint density at radius 1 is 1.22 bits per heavy atom. The number of anilines is 1. The third-order valence-corrected chi connectivity index (χ3v) is 4.01. The van der Waals surface area contributed by atoms with Gasteiger partial charge in [0, 0.05) is 42.7 Å². The molecule has 0 unspecified atom stereocenters. The highest BCUT2D eigenvalue weighted by Gasteiger charge is 2.12. The Morgan fingerprint density at radius 2 is 2.06 bits per heavy atom. The summed E-state index contributed by atoms with van der Waals surface area (Å²) >= 11 is 1.66. The number of hydrogen-bond acceptors (Lipinski definition) is 4. The topological polar surface area (TPSA) is 48.1 Å². The van der Waals surface area contributed by atoms with E-state index in [0.717, 1.165) is 42.4 Å². The first-order chi connectivity index (χ1) is 8.83. The summed E-state index contributed by atoms with van der Waals surface area (Å²) in [5.74, 6) is 0.924. The predicted molar refractivity (Wildman–Crippen MR) is 75.5 cm³/mol. The van der Waals surface area contributed by atoms with Crippen molar-refractivity contribution in [1.29, 1.82) is 0 Å². The van der Waals surface area contributed by atoms with Gasteiger partial charge in [-0.25, -0.2) is 0 Å². The number of piperazine rings is 1. The maximum absolute atomic E-state index is 11.8. The smallest absolute Gasteiger partial charge is 0.250 e. The molecule has 1 saturated heterocycles. The van der Waals surface area contributed by atoms with E-state index in [-0.39, 0.29) is 5.56 Å². The van der Waals surface area contributed by atoms with Crippen LogP contribution in [0, 0.1) is 0 Å². The predicted octanol–water partition coefficient (Wildman–Crippen LogP) is 1.51. The molecular formula is C13H15N3OS. The Hall–Kier alpha value is -1.59. The fraction of sp³-hybridized carbons (Fsp3) is 0.308. The van der Waals surface area contributed by atoms with Crippen LogP contribution in [0.15, 0.2) is 34.4 Å². The zero-order valence-electron chi connectivity index (χ0n) is 9.98. The maximum Gasteiger partial charge on any atom is 0.250 e. The molecule has 94 valence electrons. The Labute approximate surface area is 109 Å². The van der Waals surface area contributed by atoms with Gasteiger partial charge in [0.15, 0.2) is 0 Å². The number of thiophene rings is 1. The molecule has 0 saturated carbocycles. The van der Waals surface area contributed by atoms with Crippen molar-refractivity contribution < 1.29 is 0 Å². The van der Waals surface area contributed by atoms with E-state index < -0.39 is 0 Å². The summed E-state index contributed by atoms with van der Waals surface area (Å²) in [7, 11) is 0. The van der Waals surface area contributed by atoms with Crippen LogP contribution in [0.3, 0.4) is 0 Å². The third-order valence-electron chi connectivity index (χ3n) is 3.09. The summed E-state index contributed by atoms with van der Waals surface area (Å²) in [5.41, 5.74) is 0.969. The molecule has 3 rings (SSSR count). The largest absolute Gasteiger partial charge is 0.356 e. The van der Waals surface area contributed by atoms with Crippen LogP contribution in [0.4, 0.5) is 5.82 Å². The number of aromatic nitrogens is 1. The van der Waals surface area contributed by atoms with Gasteiger partial charge in [-0.2, -0.15) is 0 Å². The fourth-order valence-corrected chi connectivity index (χ4v) is 2.90. The van der Waals surface area contributed by atoms with Gasteiger partial charge in [0.2, 0.25) is 5.56 Å². The molecule has 4 nitrogen and oxygen atoms in total. The van der Waals surface area contributed by atoms with Crippen LogP contribution < -0.4 is 15.8 Å². The second kappa shape index (κ2) is 4.96. The summed E-state index contributed by atoms with van der Waals surface area (Å²) in [4.78, 5) is 18.0. The van der Waals surface area contributed by atoms with Gasteiger partial charge in [-0.15, -0.1) is 11.3 Å². The van der Waals surface area contributed by atoms with Crippen molar-refractivity contribution in [1.82, 2.24) is 10.3 Å². The van der Waals surface area contributed by atoms with Crippen LogP contribution in [0.1, 0.15) is 0 Å². The summed E-state index contributed by atoms with van der Waals surface area (Å²) in [6.07, 6.45) is 0.